The van der Waals surface area contributed by atoms with E-state index in [2.05, 4.69) is 83.7 Å². The molecule has 0 spiro atoms. The number of nitrogens with one attached hydrogen (secondary N) is 1. The standard InChI is InChI=1S/C50H47BF2N2O2/c1-34(21-30-42-19-14-20-47(56)57-42)43(48-44(36-17-12-9-13-18-36)33-45(54-48)37-22-26-40(27-23-37)49(2,3)4)31-39(35-15-10-8-11-16-35)32-46(55-51(52)53)38-24-28-41(29-25-38)50(5,6)7/h8-33,55H,1H2,2-7H3/b30-21-,39-31-,46-32-,48-43+. The Hall–Kier alpha value is -6.34. The van der Waals surface area contributed by atoms with Gasteiger partial charge in [0, 0.05) is 28.5 Å². The lowest BCUT2D eigenvalue weighted by Gasteiger charge is -2.20. The van der Waals surface area contributed by atoms with Gasteiger partial charge in [-0.1, -0.05) is 169 Å². The minimum atomic E-state index is -2.81. The first-order valence-electron chi connectivity index (χ1n) is 19.0. The van der Waals surface area contributed by atoms with Gasteiger partial charge in [-0.15, -0.1) is 0 Å². The summed E-state index contributed by atoms with van der Waals surface area (Å²) in [6, 6.07) is 40.5. The van der Waals surface area contributed by atoms with E-state index in [1.807, 2.05) is 91.0 Å². The van der Waals surface area contributed by atoms with E-state index in [1.165, 1.54) is 11.6 Å². The molecule has 2 heterocycles. The molecule has 0 bridgehead atoms. The largest absolute Gasteiger partial charge is 0.670 e. The summed E-state index contributed by atoms with van der Waals surface area (Å²) in [6.07, 6.45) is 9.24. The van der Waals surface area contributed by atoms with Crippen LogP contribution in [0.4, 0.5) is 8.63 Å². The zero-order valence-corrected chi connectivity index (χ0v) is 33.3. The Balaban J connectivity index is 1.62. The molecule has 57 heavy (non-hydrogen) atoms. The highest BCUT2D eigenvalue weighted by Gasteiger charge is 2.24. The number of halogens is 2. The number of aliphatic imine (C=N–C) groups is 1. The summed E-state index contributed by atoms with van der Waals surface area (Å²) in [4.78, 5) is 17.4. The van der Waals surface area contributed by atoms with Gasteiger partial charge in [0.1, 0.15) is 5.76 Å². The van der Waals surface area contributed by atoms with Gasteiger partial charge in [0.15, 0.2) is 0 Å². The Morgan fingerprint density at radius 1 is 0.702 bits per heavy atom. The molecule has 1 N–H and O–H groups in total. The second kappa shape index (κ2) is 17.2. The third-order valence-electron chi connectivity index (χ3n) is 9.69. The average molecular weight is 757 g/mol. The van der Waals surface area contributed by atoms with Crippen molar-refractivity contribution < 1.29 is 13.0 Å². The molecular formula is C50H47BF2N2O2. The van der Waals surface area contributed by atoms with Crippen molar-refractivity contribution in [2.24, 2.45) is 4.99 Å². The Morgan fingerprint density at radius 2 is 1.30 bits per heavy atom. The minimum absolute atomic E-state index is 0.0138. The fourth-order valence-electron chi connectivity index (χ4n) is 6.46. The second-order valence-electron chi connectivity index (χ2n) is 16.0. The quantitative estimate of drug-likeness (QED) is 0.108. The second-order valence-corrected chi connectivity index (χ2v) is 16.0. The van der Waals surface area contributed by atoms with Crippen LogP contribution in [-0.4, -0.2) is 13.1 Å². The summed E-state index contributed by atoms with van der Waals surface area (Å²) in [5, 5.41) is 2.41. The summed E-state index contributed by atoms with van der Waals surface area (Å²) in [5.74, 6) is 0.357. The van der Waals surface area contributed by atoms with Crippen molar-refractivity contribution in [3.05, 3.63) is 225 Å². The first-order chi connectivity index (χ1) is 27.2. The van der Waals surface area contributed by atoms with Gasteiger partial charge in [-0.2, -0.15) is 0 Å². The zero-order chi connectivity index (χ0) is 40.7. The number of hydrogen-bond donors (Lipinski definition) is 1. The Labute approximate surface area is 335 Å². The average Bonchev–Trinajstić information content (AvgIpc) is 3.63. The number of benzene rings is 4. The number of rotatable bonds is 11. The van der Waals surface area contributed by atoms with Crippen LogP contribution in [0.15, 0.2) is 189 Å². The van der Waals surface area contributed by atoms with Crippen LogP contribution < -0.4 is 10.9 Å². The summed E-state index contributed by atoms with van der Waals surface area (Å²) in [6.45, 7) is 17.4. The monoisotopic (exact) mass is 756 g/mol. The van der Waals surface area contributed by atoms with Crippen molar-refractivity contribution in [3.8, 4) is 0 Å². The smallest absolute Gasteiger partial charge is 0.423 e. The van der Waals surface area contributed by atoms with E-state index in [0.29, 0.717) is 33.7 Å². The highest BCUT2D eigenvalue weighted by molar-refractivity contribution is 6.41. The third-order valence-corrected chi connectivity index (χ3v) is 9.69. The lowest BCUT2D eigenvalue weighted by atomic mass is 9.86. The molecule has 0 aliphatic carbocycles. The van der Waals surface area contributed by atoms with Gasteiger partial charge >= 0.3 is 13.0 Å². The van der Waals surface area contributed by atoms with Crippen LogP contribution in [-0.2, 0) is 10.8 Å². The number of hydrogen-bond acceptors (Lipinski definition) is 4. The van der Waals surface area contributed by atoms with E-state index >= 15 is 0 Å². The van der Waals surface area contributed by atoms with E-state index in [1.54, 1.807) is 30.4 Å². The van der Waals surface area contributed by atoms with Crippen molar-refractivity contribution in [1.82, 2.24) is 5.23 Å². The van der Waals surface area contributed by atoms with E-state index in [-0.39, 0.29) is 16.5 Å². The summed E-state index contributed by atoms with van der Waals surface area (Å²) < 4.78 is 34.0. The lowest BCUT2D eigenvalue weighted by molar-refractivity contribution is 0.501. The molecule has 0 amide bonds. The van der Waals surface area contributed by atoms with Gasteiger partial charge in [-0.05, 0) is 80.2 Å². The zero-order valence-electron chi connectivity index (χ0n) is 33.3. The molecule has 7 heteroatoms. The molecule has 1 aliphatic rings. The Kier molecular flexibility index (Phi) is 12.2. The molecule has 4 nitrogen and oxygen atoms in total. The van der Waals surface area contributed by atoms with Gasteiger partial charge in [0.05, 0.1) is 11.4 Å². The summed E-state index contributed by atoms with van der Waals surface area (Å²) >= 11 is 0. The van der Waals surface area contributed by atoms with Crippen molar-refractivity contribution in [2.75, 3.05) is 0 Å². The molecule has 6 rings (SSSR count). The van der Waals surface area contributed by atoms with Crippen molar-refractivity contribution in [3.63, 3.8) is 0 Å². The van der Waals surface area contributed by atoms with Gasteiger partial charge in [-0.3, -0.25) is 8.63 Å². The van der Waals surface area contributed by atoms with Crippen LogP contribution in [0.5, 0.6) is 0 Å². The molecule has 1 aliphatic heterocycles. The maximum absolute atomic E-state index is 14.3. The molecule has 4 aromatic carbocycles. The SMILES string of the molecule is C=C(/C=C\c1cccc(=O)o1)C(/C=C(/C=C(\NB(F)F)c1ccc(C(C)(C)C)cc1)c1ccccc1)=C1/N=C(c2ccc(C(C)(C)C)cc2)C=C1c1ccccc1. The Bertz CT molecular complexity index is 2470. The molecule has 0 saturated carbocycles. The molecule has 0 radical (unpaired) electrons. The lowest BCUT2D eigenvalue weighted by Crippen LogP contribution is -2.23. The van der Waals surface area contributed by atoms with E-state index < -0.39 is 13.0 Å². The summed E-state index contributed by atoms with van der Waals surface area (Å²) in [7, 11) is -2.81. The predicted molar refractivity (Wildman–Crippen MR) is 235 cm³/mol. The topological polar surface area (TPSA) is 54.6 Å². The van der Waals surface area contributed by atoms with E-state index in [4.69, 9.17) is 9.41 Å². The molecule has 1 aromatic heterocycles. The minimum Gasteiger partial charge on any atom is -0.423 e. The normalized spacial score (nSPS) is 14.7. The number of allylic oxidation sites excluding steroid dienone is 8. The maximum Gasteiger partial charge on any atom is 0.670 e. The van der Waals surface area contributed by atoms with Gasteiger partial charge in [0.2, 0.25) is 0 Å². The highest BCUT2D eigenvalue weighted by Crippen LogP contribution is 2.38. The van der Waals surface area contributed by atoms with Gasteiger partial charge < -0.3 is 9.64 Å². The molecule has 0 atom stereocenters. The fourth-order valence-corrected chi connectivity index (χ4v) is 6.46. The van der Waals surface area contributed by atoms with Gasteiger partial charge in [-0.25, -0.2) is 9.79 Å². The maximum atomic E-state index is 14.3. The van der Waals surface area contributed by atoms with Crippen molar-refractivity contribution >= 4 is 36.0 Å². The molecule has 286 valence electrons. The van der Waals surface area contributed by atoms with Crippen LogP contribution in [0, 0.1) is 0 Å². The first-order valence-corrected chi connectivity index (χ1v) is 19.0. The van der Waals surface area contributed by atoms with E-state index in [0.717, 1.165) is 33.5 Å². The predicted octanol–water partition coefficient (Wildman–Crippen LogP) is 12.3. The first kappa shape index (κ1) is 40.3. The molecule has 0 unspecified atom stereocenters. The molecule has 0 saturated heterocycles. The Morgan fingerprint density at radius 3 is 1.88 bits per heavy atom. The molecule has 0 fully saturated rings. The van der Waals surface area contributed by atoms with E-state index in [9.17, 15) is 13.4 Å². The number of nitrogens with zero attached hydrogens (tertiary/aromatic N) is 1. The van der Waals surface area contributed by atoms with Crippen LogP contribution >= 0.6 is 0 Å². The van der Waals surface area contributed by atoms with Crippen LogP contribution in [0.2, 0.25) is 0 Å². The fraction of sp³-hybridized carbons (Fsp3) is 0.160. The molecule has 5 aromatic rings. The van der Waals surface area contributed by atoms with Crippen molar-refractivity contribution in [1.29, 1.82) is 0 Å². The third kappa shape index (κ3) is 10.3. The van der Waals surface area contributed by atoms with Crippen molar-refractivity contribution in [2.45, 2.75) is 52.4 Å². The molecular weight excluding hydrogens is 709 g/mol. The summed E-state index contributed by atoms with van der Waals surface area (Å²) in [5.41, 5.74) is 9.44. The highest BCUT2D eigenvalue weighted by atomic mass is 19.2. The van der Waals surface area contributed by atoms with Crippen LogP contribution in [0.25, 0.3) is 22.9 Å². The van der Waals surface area contributed by atoms with Gasteiger partial charge in [0.25, 0.3) is 0 Å². The van der Waals surface area contributed by atoms with Crippen LogP contribution in [0.1, 0.15) is 80.7 Å². The van der Waals surface area contributed by atoms with Crippen LogP contribution in [0.3, 0.4) is 0 Å².